The Labute approximate surface area is 391 Å². The van der Waals surface area contributed by atoms with Crippen molar-refractivity contribution in [2.45, 2.75) is 237 Å². The van der Waals surface area contributed by atoms with Crippen LogP contribution in [0.4, 0.5) is 0 Å². The Morgan fingerprint density at radius 2 is 0.955 bits per heavy atom. The number of rotatable bonds is 40. The Kier molecular flexibility index (Phi) is 35.6. The van der Waals surface area contributed by atoms with Crippen LogP contribution in [-0.2, 0) is 57.2 Å². The zero-order valence-corrected chi connectivity index (χ0v) is 39.7. The smallest absolute Gasteiger partial charge is 0.317 e. The van der Waals surface area contributed by atoms with Crippen LogP contribution in [-0.4, -0.2) is 118 Å². The van der Waals surface area contributed by atoms with E-state index >= 15 is 0 Å². The maximum absolute atomic E-state index is 12.5. The number of carbonyl (C=O) groups excluding carboxylic acids is 5. The minimum absolute atomic E-state index is 0.250. The summed E-state index contributed by atoms with van der Waals surface area (Å²) in [4.78, 5) is 71.6. The summed E-state index contributed by atoms with van der Waals surface area (Å²) < 4.78 is 31.1. The van der Waals surface area contributed by atoms with Gasteiger partial charge in [-0.15, -0.1) is 0 Å². The average Bonchev–Trinajstić information content (AvgIpc) is 3.27. The van der Waals surface area contributed by atoms with Crippen molar-refractivity contribution < 1.29 is 82.7 Å². The number of carboxylic acids is 1. The van der Waals surface area contributed by atoms with Crippen LogP contribution in [0.3, 0.4) is 0 Å². The monoisotopic (exact) mass is 943 g/mol. The fourth-order valence-electron chi connectivity index (χ4n) is 7.20. The van der Waals surface area contributed by atoms with Gasteiger partial charge < -0.3 is 54.0 Å². The van der Waals surface area contributed by atoms with E-state index < -0.39 is 92.1 Å². The highest BCUT2D eigenvalue weighted by Crippen LogP contribution is 2.21. The van der Waals surface area contributed by atoms with Crippen molar-refractivity contribution in [3.8, 4) is 0 Å². The van der Waals surface area contributed by atoms with Crippen LogP contribution in [0.15, 0.2) is 24.3 Å². The maximum Gasteiger partial charge on any atom is 0.317 e. The third kappa shape index (κ3) is 31.9. The van der Waals surface area contributed by atoms with Gasteiger partial charge in [-0.1, -0.05) is 115 Å². The normalized spacial score (nSPS) is 19.3. The summed E-state index contributed by atoms with van der Waals surface area (Å²) in [5, 5.41) is 47.9. The molecule has 1 aliphatic heterocycles. The van der Waals surface area contributed by atoms with Gasteiger partial charge in [-0.3, -0.25) is 28.8 Å². The van der Waals surface area contributed by atoms with Gasteiger partial charge in [0.25, 0.3) is 0 Å². The van der Waals surface area contributed by atoms with E-state index in [2.05, 4.69) is 19.9 Å². The summed E-state index contributed by atoms with van der Waals surface area (Å²) in [6.45, 7) is 3.31. The van der Waals surface area contributed by atoms with Gasteiger partial charge in [0, 0.05) is 25.7 Å². The number of ether oxygens (including phenoxy) is 6. The van der Waals surface area contributed by atoms with E-state index in [0.717, 1.165) is 122 Å². The highest BCUT2D eigenvalue weighted by Gasteiger charge is 2.43. The molecule has 0 spiro atoms. The highest BCUT2D eigenvalue weighted by molar-refractivity contribution is 5.91. The first-order valence-corrected chi connectivity index (χ1v) is 24.5. The molecule has 1 heterocycles. The zero-order chi connectivity index (χ0) is 48.8. The Balaban J connectivity index is 2.14. The predicted molar refractivity (Wildman–Crippen MR) is 243 cm³/mol. The van der Waals surface area contributed by atoms with Crippen LogP contribution in [0, 0.1) is 0 Å². The number of carboxylic acid groups (broad SMARTS) is 1. The number of esters is 5. The fraction of sp³-hybridized carbons (Fsp3) is 0.796. The number of allylic oxidation sites excluding steroid dienone is 2. The van der Waals surface area contributed by atoms with Crippen molar-refractivity contribution in [1.82, 2.24) is 0 Å². The van der Waals surface area contributed by atoms with Crippen molar-refractivity contribution >= 4 is 35.8 Å². The summed E-state index contributed by atoms with van der Waals surface area (Å²) in [5.74, 6) is -4.36. The molecular formula is C49H82O17. The summed E-state index contributed by atoms with van der Waals surface area (Å²) in [7, 11) is 0. The summed E-state index contributed by atoms with van der Waals surface area (Å²) in [5.41, 5.74) is 0. The lowest BCUT2D eigenvalue weighted by Gasteiger charge is -2.37. The molecule has 0 aromatic heterocycles. The minimum Gasteiger partial charge on any atom is -0.481 e. The third-order valence-corrected chi connectivity index (χ3v) is 11.1. The van der Waals surface area contributed by atoms with Gasteiger partial charge in [0.2, 0.25) is 6.79 Å². The van der Waals surface area contributed by atoms with E-state index in [9.17, 15) is 49.2 Å². The lowest BCUT2D eigenvalue weighted by atomic mass is 9.99. The van der Waals surface area contributed by atoms with Crippen LogP contribution in [0.2, 0.25) is 0 Å². The highest BCUT2D eigenvalue weighted by atomic mass is 16.7. The van der Waals surface area contributed by atoms with E-state index in [1.807, 2.05) is 18.2 Å². The Hall–Kier alpha value is -3.90. The third-order valence-electron chi connectivity index (χ3n) is 11.1. The fourth-order valence-corrected chi connectivity index (χ4v) is 7.20. The van der Waals surface area contributed by atoms with Crippen LogP contribution in [0.5, 0.6) is 0 Å². The average molecular weight is 943 g/mol. The van der Waals surface area contributed by atoms with Gasteiger partial charge in [-0.2, -0.15) is 0 Å². The molecule has 0 aliphatic carbocycles. The van der Waals surface area contributed by atoms with E-state index in [4.69, 9.17) is 33.5 Å². The van der Waals surface area contributed by atoms with Gasteiger partial charge in [0.15, 0.2) is 6.29 Å². The number of hydrogen-bond acceptors (Lipinski definition) is 16. The molecule has 17 nitrogen and oxygen atoms in total. The Morgan fingerprint density at radius 1 is 0.500 bits per heavy atom. The molecule has 0 saturated carbocycles. The second-order valence-electron chi connectivity index (χ2n) is 17.1. The lowest BCUT2D eigenvalue weighted by Crippen LogP contribution is -2.58. The van der Waals surface area contributed by atoms with E-state index in [-0.39, 0.29) is 25.7 Å². The molecule has 0 aromatic rings. The lowest BCUT2D eigenvalue weighted by molar-refractivity contribution is -0.287. The number of aliphatic hydroxyl groups is 4. The molecular weight excluding hydrogens is 861 g/mol. The molecule has 0 amide bonds. The van der Waals surface area contributed by atoms with Crippen LogP contribution >= 0.6 is 0 Å². The molecule has 0 aromatic carbocycles. The SMILES string of the molecule is CCCCCC[C@@H](C/C=C\CCCCCCCC(=O)OCOC(=O)CCCCCCC/C=C\C[C@@H](CCCCCC)OC(=O)CC(=O)OCC1OC(O)C(O)C(O)C1O)OC(=O)CC(=O)O. The molecule has 0 bridgehead atoms. The summed E-state index contributed by atoms with van der Waals surface area (Å²) >= 11 is 0. The van der Waals surface area contributed by atoms with Crippen molar-refractivity contribution in [2.24, 2.45) is 0 Å². The van der Waals surface area contributed by atoms with Crippen molar-refractivity contribution in [2.75, 3.05) is 13.4 Å². The molecule has 1 fully saturated rings. The second kappa shape index (κ2) is 39.1. The first-order valence-electron chi connectivity index (χ1n) is 24.5. The summed E-state index contributed by atoms with van der Waals surface area (Å²) in [6, 6.07) is 0. The molecule has 380 valence electrons. The Morgan fingerprint density at radius 3 is 1.44 bits per heavy atom. The van der Waals surface area contributed by atoms with Crippen molar-refractivity contribution in [3.05, 3.63) is 24.3 Å². The second-order valence-corrected chi connectivity index (χ2v) is 17.1. The molecule has 17 heteroatoms. The molecule has 0 radical (unpaired) electrons. The van der Waals surface area contributed by atoms with Crippen LogP contribution in [0.25, 0.3) is 0 Å². The number of carbonyl (C=O) groups is 6. The predicted octanol–water partition coefficient (Wildman–Crippen LogP) is 7.36. The summed E-state index contributed by atoms with van der Waals surface area (Å²) in [6.07, 6.45) is 19.9. The topological polar surface area (TPSA) is 259 Å². The molecule has 5 N–H and O–H groups in total. The van der Waals surface area contributed by atoms with Crippen molar-refractivity contribution in [1.29, 1.82) is 0 Å². The van der Waals surface area contributed by atoms with Gasteiger partial charge in [-0.25, -0.2) is 0 Å². The van der Waals surface area contributed by atoms with Crippen LogP contribution in [0.1, 0.15) is 194 Å². The molecule has 1 saturated heterocycles. The molecule has 1 aliphatic rings. The molecule has 66 heavy (non-hydrogen) atoms. The number of aliphatic carboxylic acids is 1. The quantitative estimate of drug-likeness (QED) is 0.0100. The molecule has 1 rings (SSSR count). The van der Waals surface area contributed by atoms with E-state index in [1.54, 1.807) is 0 Å². The van der Waals surface area contributed by atoms with E-state index in [1.165, 1.54) is 0 Å². The van der Waals surface area contributed by atoms with Gasteiger partial charge in [0.1, 0.15) is 56.1 Å². The number of hydrogen-bond donors (Lipinski definition) is 5. The largest absolute Gasteiger partial charge is 0.481 e. The molecule has 5 unspecified atom stereocenters. The minimum atomic E-state index is -1.77. The zero-order valence-electron chi connectivity index (χ0n) is 39.7. The number of unbranched alkanes of at least 4 members (excludes halogenated alkanes) is 16. The van der Waals surface area contributed by atoms with Gasteiger partial charge >= 0.3 is 35.8 Å². The van der Waals surface area contributed by atoms with Gasteiger partial charge in [-0.05, 0) is 64.2 Å². The maximum atomic E-state index is 12.5. The Bertz CT molecular complexity index is 1400. The first-order chi connectivity index (χ1) is 31.8. The number of aliphatic hydroxyl groups excluding tert-OH is 4. The first kappa shape index (κ1) is 60.1. The van der Waals surface area contributed by atoms with Crippen molar-refractivity contribution in [3.63, 3.8) is 0 Å². The standard InChI is InChI=1S/C49H82O17/c1-3-5-7-21-27-37(64-44(55)33-40(50)51)29-23-17-13-9-11-15-19-25-31-41(52)62-36-63-42(53)32-26-20-16-12-10-14-18-24-30-38(28-22-8-6-4-2)65-45(56)34-43(54)61-35-39-46(57)47(58)48(59)49(60)66-39/h17-18,23-24,37-39,46-49,57-60H,3-16,19-22,25-36H2,1-2H3,(H,50,51)/b23-17-,24-18-/t37-,38+,39?,46?,47?,48?,49?/m0/s1. The van der Waals surface area contributed by atoms with Crippen LogP contribution < -0.4 is 0 Å². The molecule has 7 atom stereocenters. The van der Waals surface area contributed by atoms with E-state index in [0.29, 0.717) is 32.1 Å². The van der Waals surface area contributed by atoms with Gasteiger partial charge in [0.05, 0.1) is 0 Å².